The topological polar surface area (TPSA) is 45.5 Å². The third kappa shape index (κ3) is 5.56. The fourth-order valence-corrected chi connectivity index (χ4v) is 3.75. The molecular formula is C20H21BrN2O2S. The van der Waals surface area contributed by atoms with E-state index in [-0.39, 0.29) is 11.9 Å². The molecule has 0 fully saturated rings. The van der Waals surface area contributed by atoms with Gasteiger partial charge in [-0.2, -0.15) is 0 Å². The van der Waals surface area contributed by atoms with Crippen LogP contribution in [0.4, 0.5) is 0 Å². The molecule has 0 saturated carbocycles. The van der Waals surface area contributed by atoms with Crippen LogP contribution in [0.15, 0.2) is 69.1 Å². The summed E-state index contributed by atoms with van der Waals surface area (Å²) in [5.41, 5.74) is 1.08. The van der Waals surface area contributed by atoms with Crippen LogP contribution in [-0.2, 0) is 17.9 Å². The standard InChI is InChI=1S/C20H21BrN2O2S/c1-15(16-6-8-17(21)9-7-16)22-20(24)14-23(12-18-4-2-10-25-18)13-19-5-3-11-26-19/h2-11,15H,12-14H2,1H3,(H,22,24). The molecule has 2 heterocycles. The summed E-state index contributed by atoms with van der Waals surface area (Å²) in [6.45, 7) is 3.64. The first-order valence-electron chi connectivity index (χ1n) is 8.42. The Labute approximate surface area is 166 Å². The smallest absolute Gasteiger partial charge is 0.234 e. The lowest BCUT2D eigenvalue weighted by Gasteiger charge is -2.22. The van der Waals surface area contributed by atoms with Crippen molar-refractivity contribution >= 4 is 33.2 Å². The van der Waals surface area contributed by atoms with E-state index in [4.69, 9.17) is 4.42 Å². The molecule has 1 N–H and O–H groups in total. The zero-order chi connectivity index (χ0) is 18.4. The van der Waals surface area contributed by atoms with E-state index in [1.165, 1.54) is 4.88 Å². The second-order valence-corrected chi connectivity index (χ2v) is 8.09. The molecule has 0 bridgehead atoms. The average molecular weight is 433 g/mol. The lowest BCUT2D eigenvalue weighted by Crippen LogP contribution is -2.37. The number of hydrogen-bond acceptors (Lipinski definition) is 4. The molecule has 1 aromatic carbocycles. The predicted molar refractivity (Wildman–Crippen MR) is 108 cm³/mol. The Hall–Kier alpha value is -1.89. The molecule has 4 nitrogen and oxygen atoms in total. The maximum atomic E-state index is 12.6. The van der Waals surface area contributed by atoms with Crippen LogP contribution in [0, 0.1) is 0 Å². The second-order valence-electron chi connectivity index (χ2n) is 6.14. The van der Waals surface area contributed by atoms with E-state index in [9.17, 15) is 4.79 Å². The molecule has 1 unspecified atom stereocenters. The molecule has 0 aliphatic carbocycles. The Balaban J connectivity index is 1.61. The Morgan fingerprint density at radius 1 is 1.19 bits per heavy atom. The summed E-state index contributed by atoms with van der Waals surface area (Å²) in [6, 6.07) is 15.9. The molecule has 26 heavy (non-hydrogen) atoms. The Kier molecular flexibility index (Phi) is 6.66. The molecule has 0 spiro atoms. The van der Waals surface area contributed by atoms with Crippen LogP contribution in [0.5, 0.6) is 0 Å². The van der Waals surface area contributed by atoms with E-state index in [2.05, 4.69) is 37.6 Å². The van der Waals surface area contributed by atoms with Crippen LogP contribution >= 0.6 is 27.3 Å². The van der Waals surface area contributed by atoms with E-state index in [0.717, 1.165) is 22.3 Å². The number of hydrogen-bond donors (Lipinski definition) is 1. The first-order chi connectivity index (χ1) is 12.6. The van der Waals surface area contributed by atoms with Gasteiger partial charge in [0.05, 0.1) is 25.4 Å². The van der Waals surface area contributed by atoms with Gasteiger partial charge in [0.25, 0.3) is 0 Å². The van der Waals surface area contributed by atoms with Crippen molar-refractivity contribution in [3.05, 3.63) is 80.8 Å². The Morgan fingerprint density at radius 3 is 2.65 bits per heavy atom. The molecule has 6 heteroatoms. The zero-order valence-corrected chi connectivity index (χ0v) is 16.9. The maximum absolute atomic E-state index is 12.6. The maximum Gasteiger partial charge on any atom is 0.234 e. The van der Waals surface area contributed by atoms with Gasteiger partial charge in [0.2, 0.25) is 5.91 Å². The molecule has 3 aromatic rings. The Bertz CT molecular complexity index is 765. The lowest BCUT2D eigenvalue weighted by atomic mass is 10.1. The van der Waals surface area contributed by atoms with Crippen LogP contribution in [0.2, 0.25) is 0 Å². The van der Waals surface area contributed by atoms with Crippen molar-refractivity contribution in [3.8, 4) is 0 Å². The van der Waals surface area contributed by atoms with Gasteiger partial charge in [0.1, 0.15) is 5.76 Å². The molecule has 0 aliphatic rings. The fourth-order valence-electron chi connectivity index (χ4n) is 2.74. The van der Waals surface area contributed by atoms with Crippen LogP contribution in [0.1, 0.15) is 29.2 Å². The summed E-state index contributed by atoms with van der Waals surface area (Å²) in [5, 5.41) is 5.13. The van der Waals surface area contributed by atoms with Crippen molar-refractivity contribution in [2.24, 2.45) is 0 Å². The van der Waals surface area contributed by atoms with Crippen molar-refractivity contribution in [2.75, 3.05) is 6.54 Å². The number of amides is 1. The average Bonchev–Trinajstić information content (AvgIpc) is 3.29. The summed E-state index contributed by atoms with van der Waals surface area (Å²) in [6.07, 6.45) is 1.66. The second kappa shape index (κ2) is 9.16. The highest BCUT2D eigenvalue weighted by Gasteiger charge is 2.16. The predicted octanol–water partition coefficient (Wildman–Crippen LogP) is 4.98. The van der Waals surface area contributed by atoms with Gasteiger partial charge in [-0.25, -0.2) is 0 Å². The number of thiophene rings is 1. The van der Waals surface area contributed by atoms with Crippen molar-refractivity contribution in [1.29, 1.82) is 0 Å². The normalized spacial score (nSPS) is 12.3. The minimum Gasteiger partial charge on any atom is -0.468 e. The number of furan rings is 1. The molecular weight excluding hydrogens is 412 g/mol. The number of carbonyl (C=O) groups excluding carboxylic acids is 1. The minimum atomic E-state index is -0.0391. The number of nitrogens with one attached hydrogen (secondary N) is 1. The molecule has 1 atom stereocenters. The van der Waals surface area contributed by atoms with Gasteiger partial charge < -0.3 is 9.73 Å². The molecule has 136 valence electrons. The summed E-state index contributed by atoms with van der Waals surface area (Å²) in [4.78, 5) is 15.9. The molecule has 0 saturated heterocycles. The van der Waals surface area contributed by atoms with Gasteiger partial charge in [0.15, 0.2) is 0 Å². The van der Waals surface area contributed by atoms with Crippen LogP contribution in [0.3, 0.4) is 0 Å². The molecule has 0 aliphatic heterocycles. The first-order valence-corrected chi connectivity index (χ1v) is 10.1. The van der Waals surface area contributed by atoms with E-state index in [0.29, 0.717) is 13.1 Å². The van der Waals surface area contributed by atoms with Gasteiger partial charge in [-0.15, -0.1) is 11.3 Å². The third-order valence-corrected chi connectivity index (χ3v) is 5.42. The highest BCUT2D eigenvalue weighted by molar-refractivity contribution is 9.10. The van der Waals surface area contributed by atoms with Crippen LogP contribution in [0.25, 0.3) is 0 Å². The highest BCUT2D eigenvalue weighted by Crippen LogP contribution is 2.17. The van der Waals surface area contributed by atoms with E-state index in [1.807, 2.05) is 49.4 Å². The molecule has 1 amide bonds. The number of rotatable bonds is 8. The summed E-state index contributed by atoms with van der Waals surface area (Å²) >= 11 is 5.13. The summed E-state index contributed by atoms with van der Waals surface area (Å²) in [5.74, 6) is 0.860. The monoisotopic (exact) mass is 432 g/mol. The van der Waals surface area contributed by atoms with Gasteiger partial charge in [-0.3, -0.25) is 9.69 Å². The van der Waals surface area contributed by atoms with Crippen LogP contribution < -0.4 is 5.32 Å². The van der Waals surface area contributed by atoms with Crippen LogP contribution in [-0.4, -0.2) is 17.4 Å². The highest BCUT2D eigenvalue weighted by atomic mass is 79.9. The van der Waals surface area contributed by atoms with Crippen molar-refractivity contribution < 1.29 is 9.21 Å². The summed E-state index contributed by atoms with van der Waals surface area (Å²) < 4.78 is 6.48. The third-order valence-electron chi connectivity index (χ3n) is 4.03. The van der Waals surface area contributed by atoms with Gasteiger partial charge in [-0.1, -0.05) is 34.1 Å². The number of carbonyl (C=O) groups is 1. The van der Waals surface area contributed by atoms with Crippen molar-refractivity contribution in [1.82, 2.24) is 10.2 Å². The SMILES string of the molecule is CC(NC(=O)CN(Cc1ccco1)Cc1cccs1)c1ccc(Br)cc1. The number of halogens is 1. The van der Waals surface area contributed by atoms with Gasteiger partial charge in [0, 0.05) is 15.9 Å². The molecule has 3 rings (SSSR count). The molecule has 0 radical (unpaired) electrons. The number of benzene rings is 1. The van der Waals surface area contributed by atoms with E-state index in [1.54, 1.807) is 17.6 Å². The Morgan fingerprint density at radius 2 is 2.00 bits per heavy atom. The van der Waals surface area contributed by atoms with Crippen molar-refractivity contribution in [2.45, 2.75) is 26.1 Å². The molecule has 2 aromatic heterocycles. The first kappa shape index (κ1) is 18.9. The van der Waals surface area contributed by atoms with E-state index < -0.39 is 0 Å². The van der Waals surface area contributed by atoms with Gasteiger partial charge in [-0.05, 0) is 48.2 Å². The van der Waals surface area contributed by atoms with Gasteiger partial charge >= 0.3 is 0 Å². The fraction of sp³-hybridized carbons (Fsp3) is 0.250. The van der Waals surface area contributed by atoms with Crippen molar-refractivity contribution in [3.63, 3.8) is 0 Å². The minimum absolute atomic E-state index is 0.00327. The largest absolute Gasteiger partial charge is 0.468 e. The van der Waals surface area contributed by atoms with E-state index >= 15 is 0 Å². The lowest BCUT2D eigenvalue weighted by molar-refractivity contribution is -0.123. The quantitative estimate of drug-likeness (QED) is 0.545. The zero-order valence-electron chi connectivity index (χ0n) is 14.5. The summed E-state index contributed by atoms with van der Waals surface area (Å²) in [7, 11) is 0. The number of nitrogens with zero attached hydrogens (tertiary/aromatic N) is 1.